The molecule has 0 amide bonds. The standard InChI is InChI=1S/C11H21NO4/c1-11(12,10(13)14-2)8-16-7-9-3-5-15-6-4-9/h9H,3-8,12H2,1-2H3. The minimum Gasteiger partial charge on any atom is -0.468 e. The number of ether oxygens (including phenoxy) is 3. The van der Waals surface area contributed by atoms with Crippen molar-refractivity contribution in [2.45, 2.75) is 25.3 Å². The van der Waals surface area contributed by atoms with Crippen molar-refractivity contribution in [3.05, 3.63) is 0 Å². The van der Waals surface area contributed by atoms with Crippen LogP contribution in [0.1, 0.15) is 19.8 Å². The fourth-order valence-corrected chi connectivity index (χ4v) is 1.64. The molecule has 0 spiro atoms. The van der Waals surface area contributed by atoms with Crippen molar-refractivity contribution in [2.75, 3.05) is 33.5 Å². The first-order chi connectivity index (χ1) is 7.56. The number of nitrogens with two attached hydrogens (primary N) is 1. The Morgan fingerprint density at radius 1 is 1.50 bits per heavy atom. The molecule has 0 radical (unpaired) electrons. The second kappa shape index (κ2) is 6.18. The Hall–Kier alpha value is -0.650. The lowest BCUT2D eigenvalue weighted by molar-refractivity contribution is -0.149. The number of carbonyl (C=O) groups excluding carboxylic acids is 1. The molecular formula is C11H21NO4. The van der Waals surface area contributed by atoms with Crippen LogP contribution in [-0.2, 0) is 19.0 Å². The topological polar surface area (TPSA) is 70.8 Å². The van der Waals surface area contributed by atoms with Crippen LogP contribution in [0.4, 0.5) is 0 Å². The Balaban J connectivity index is 2.20. The van der Waals surface area contributed by atoms with E-state index in [4.69, 9.17) is 15.2 Å². The van der Waals surface area contributed by atoms with E-state index in [2.05, 4.69) is 4.74 Å². The average Bonchev–Trinajstić information content (AvgIpc) is 2.29. The molecule has 2 N–H and O–H groups in total. The molecule has 5 heteroatoms. The van der Waals surface area contributed by atoms with E-state index in [-0.39, 0.29) is 6.61 Å². The van der Waals surface area contributed by atoms with E-state index in [1.165, 1.54) is 7.11 Å². The van der Waals surface area contributed by atoms with Gasteiger partial charge < -0.3 is 19.9 Å². The molecule has 1 rings (SSSR count). The van der Waals surface area contributed by atoms with Crippen LogP contribution in [0.2, 0.25) is 0 Å². The molecule has 1 aliphatic heterocycles. The molecule has 94 valence electrons. The zero-order valence-electron chi connectivity index (χ0n) is 10.0. The highest BCUT2D eigenvalue weighted by Gasteiger charge is 2.30. The molecule has 0 saturated carbocycles. The lowest BCUT2D eigenvalue weighted by atomic mass is 10.0. The maximum absolute atomic E-state index is 11.3. The van der Waals surface area contributed by atoms with Gasteiger partial charge in [-0.05, 0) is 25.7 Å². The van der Waals surface area contributed by atoms with Crippen molar-refractivity contribution in [1.29, 1.82) is 0 Å². The Labute approximate surface area is 96.2 Å². The van der Waals surface area contributed by atoms with E-state index in [0.717, 1.165) is 26.1 Å². The monoisotopic (exact) mass is 231 g/mol. The first-order valence-corrected chi connectivity index (χ1v) is 5.59. The predicted molar refractivity (Wildman–Crippen MR) is 59.0 cm³/mol. The molecule has 1 fully saturated rings. The van der Waals surface area contributed by atoms with Crippen LogP contribution in [0.15, 0.2) is 0 Å². The van der Waals surface area contributed by atoms with E-state index in [1.807, 2.05) is 0 Å². The van der Waals surface area contributed by atoms with Gasteiger partial charge in [0, 0.05) is 19.8 Å². The van der Waals surface area contributed by atoms with Gasteiger partial charge in [0.1, 0.15) is 5.54 Å². The van der Waals surface area contributed by atoms with Gasteiger partial charge in [0.2, 0.25) is 0 Å². The summed E-state index contributed by atoms with van der Waals surface area (Å²) < 4.78 is 15.3. The van der Waals surface area contributed by atoms with Crippen LogP contribution in [0, 0.1) is 5.92 Å². The molecule has 0 aliphatic carbocycles. The van der Waals surface area contributed by atoms with Crippen molar-refractivity contribution in [3.8, 4) is 0 Å². The average molecular weight is 231 g/mol. The van der Waals surface area contributed by atoms with Crippen LogP contribution in [0.5, 0.6) is 0 Å². The molecular weight excluding hydrogens is 210 g/mol. The van der Waals surface area contributed by atoms with Gasteiger partial charge in [-0.1, -0.05) is 0 Å². The fraction of sp³-hybridized carbons (Fsp3) is 0.909. The third-order valence-electron chi connectivity index (χ3n) is 2.75. The van der Waals surface area contributed by atoms with Crippen LogP contribution in [-0.4, -0.2) is 45.0 Å². The second-order valence-corrected chi connectivity index (χ2v) is 4.48. The molecule has 1 aliphatic rings. The summed E-state index contributed by atoms with van der Waals surface area (Å²) in [6.45, 7) is 4.03. The number of methoxy groups -OCH3 is 1. The summed E-state index contributed by atoms with van der Waals surface area (Å²) in [6, 6.07) is 0. The first kappa shape index (κ1) is 13.4. The van der Waals surface area contributed by atoms with Gasteiger partial charge in [0.25, 0.3) is 0 Å². The van der Waals surface area contributed by atoms with Gasteiger partial charge in [-0.2, -0.15) is 0 Å². The number of hydrogen-bond donors (Lipinski definition) is 1. The van der Waals surface area contributed by atoms with Gasteiger partial charge in [0.15, 0.2) is 0 Å². The molecule has 1 unspecified atom stereocenters. The smallest absolute Gasteiger partial charge is 0.327 e. The van der Waals surface area contributed by atoms with Crippen molar-refractivity contribution in [2.24, 2.45) is 11.7 Å². The molecule has 1 heterocycles. The van der Waals surface area contributed by atoms with E-state index in [9.17, 15) is 4.79 Å². The molecule has 0 aromatic rings. The Morgan fingerprint density at radius 2 is 2.12 bits per heavy atom. The largest absolute Gasteiger partial charge is 0.468 e. The van der Waals surface area contributed by atoms with Crippen molar-refractivity contribution in [3.63, 3.8) is 0 Å². The minimum atomic E-state index is -1.06. The van der Waals surface area contributed by atoms with Crippen LogP contribution < -0.4 is 5.73 Å². The first-order valence-electron chi connectivity index (χ1n) is 5.59. The summed E-state index contributed by atoms with van der Waals surface area (Å²) in [5.74, 6) is 0.0710. The third-order valence-corrected chi connectivity index (χ3v) is 2.75. The van der Waals surface area contributed by atoms with E-state index < -0.39 is 11.5 Å². The molecule has 16 heavy (non-hydrogen) atoms. The molecule has 5 nitrogen and oxygen atoms in total. The van der Waals surface area contributed by atoms with E-state index in [0.29, 0.717) is 12.5 Å². The number of carbonyl (C=O) groups is 1. The summed E-state index contributed by atoms with van der Waals surface area (Å²) in [5, 5.41) is 0. The van der Waals surface area contributed by atoms with Gasteiger partial charge in [-0.25, -0.2) is 4.79 Å². The third kappa shape index (κ3) is 4.08. The van der Waals surface area contributed by atoms with Crippen molar-refractivity contribution in [1.82, 2.24) is 0 Å². The zero-order chi connectivity index (χ0) is 12.0. The lowest BCUT2D eigenvalue weighted by Gasteiger charge is -2.25. The Bertz CT molecular complexity index is 224. The maximum atomic E-state index is 11.3. The zero-order valence-corrected chi connectivity index (χ0v) is 10.0. The number of hydrogen-bond acceptors (Lipinski definition) is 5. The summed E-state index contributed by atoms with van der Waals surface area (Å²) in [4.78, 5) is 11.3. The highest BCUT2D eigenvalue weighted by atomic mass is 16.5. The summed E-state index contributed by atoms with van der Waals surface area (Å²) >= 11 is 0. The Morgan fingerprint density at radius 3 is 2.69 bits per heavy atom. The van der Waals surface area contributed by atoms with E-state index in [1.54, 1.807) is 6.92 Å². The van der Waals surface area contributed by atoms with Gasteiger partial charge in [-0.3, -0.25) is 0 Å². The fourth-order valence-electron chi connectivity index (χ4n) is 1.64. The second-order valence-electron chi connectivity index (χ2n) is 4.48. The highest BCUT2D eigenvalue weighted by Crippen LogP contribution is 2.15. The summed E-state index contributed by atoms with van der Waals surface area (Å²) in [6.07, 6.45) is 2.03. The maximum Gasteiger partial charge on any atom is 0.327 e. The van der Waals surface area contributed by atoms with Crippen molar-refractivity contribution >= 4 is 5.97 Å². The summed E-state index contributed by atoms with van der Waals surface area (Å²) in [5.41, 5.74) is 4.71. The van der Waals surface area contributed by atoms with Crippen LogP contribution in [0.25, 0.3) is 0 Å². The molecule has 0 aromatic heterocycles. The molecule has 0 bridgehead atoms. The SMILES string of the molecule is COC(=O)C(C)(N)COCC1CCOCC1. The quantitative estimate of drug-likeness (QED) is 0.690. The van der Waals surface area contributed by atoms with Crippen molar-refractivity contribution < 1.29 is 19.0 Å². The number of esters is 1. The van der Waals surface area contributed by atoms with Crippen LogP contribution >= 0.6 is 0 Å². The lowest BCUT2D eigenvalue weighted by Crippen LogP contribution is -2.50. The summed E-state index contributed by atoms with van der Waals surface area (Å²) in [7, 11) is 1.33. The minimum absolute atomic E-state index is 0.191. The number of rotatable bonds is 5. The van der Waals surface area contributed by atoms with Gasteiger partial charge >= 0.3 is 5.97 Å². The Kier molecular flexibility index (Phi) is 5.18. The van der Waals surface area contributed by atoms with E-state index >= 15 is 0 Å². The van der Waals surface area contributed by atoms with Gasteiger partial charge in [0.05, 0.1) is 13.7 Å². The highest BCUT2D eigenvalue weighted by molar-refractivity contribution is 5.80. The predicted octanol–water partition coefficient (Wildman–Crippen LogP) is 0.320. The normalized spacial score (nSPS) is 21.4. The van der Waals surface area contributed by atoms with Crippen LogP contribution in [0.3, 0.4) is 0 Å². The molecule has 0 aromatic carbocycles. The molecule has 1 atom stereocenters. The van der Waals surface area contributed by atoms with Gasteiger partial charge in [-0.15, -0.1) is 0 Å². The molecule has 1 saturated heterocycles.